The predicted octanol–water partition coefficient (Wildman–Crippen LogP) is -3.47. The normalized spacial score (nSPS) is 11.2. The number of hydrogen-bond donors (Lipinski definition) is 5. The zero-order valence-corrected chi connectivity index (χ0v) is 22.1. The summed E-state index contributed by atoms with van der Waals surface area (Å²) in [5.74, 6) is -3.60. The van der Waals surface area contributed by atoms with Gasteiger partial charge in [-0.15, -0.1) is 0 Å². The quantitative estimate of drug-likeness (QED) is 0.124. The van der Waals surface area contributed by atoms with Gasteiger partial charge in [-0.3, -0.25) is 4.79 Å². The monoisotopic (exact) mass is 493 g/mol. The lowest BCUT2D eigenvalue weighted by Gasteiger charge is -2.20. The molecule has 0 aromatic carbocycles. The molecular formula is C24H51N3O7. The van der Waals surface area contributed by atoms with Gasteiger partial charge in [0.25, 0.3) is 0 Å². The molecule has 0 aliphatic carbocycles. The average Bonchev–Trinajstić information content (AvgIpc) is 2.72. The number of carboxylic acids is 2. The standard InChI is InChI=1S/C16H29NO5.2C4H11NO/c1-2-3-4-5-6-7-8-9-10-11-14(18)17-13(16(21)22)12-15(19)20;2*1-5(2)3-4-6/h13H,2-12H2,1H3,(H,17,18)(H,19,20)(H,21,22);2*6H,3-4H2,1-2H3. The van der Waals surface area contributed by atoms with Gasteiger partial charge in [0.2, 0.25) is 5.91 Å². The molecule has 0 heterocycles. The van der Waals surface area contributed by atoms with Crippen LogP contribution >= 0.6 is 0 Å². The van der Waals surface area contributed by atoms with E-state index in [1.165, 1.54) is 41.9 Å². The molecule has 1 atom stereocenters. The summed E-state index contributed by atoms with van der Waals surface area (Å²) >= 11 is 0. The number of carbonyl (C=O) groups is 3. The van der Waals surface area contributed by atoms with Crippen LogP contribution < -0.4 is 25.3 Å². The van der Waals surface area contributed by atoms with E-state index in [1.54, 1.807) is 0 Å². The third-order valence-corrected chi connectivity index (χ3v) is 4.72. The molecule has 0 radical (unpaired) electrons. The minimum atomic E-state index is -1.61. The van der Waals surface area contributed by atoms with E-state index in [0.29, 0.717) is 19.6 Å². The Morgan fingerprint density at radius 3 is 1.47 bits per heavy atom. The van der Waals surface area contributed by atoms with E-state index in [4.69, 9.17) is 10.2 Å². The number of rotatable bonds is 18. The molecule has 0 fully saturated rings. The Hall–Kier alpha value is -1.75. The third kappa shape index (κ3) is 34.9. The van der Waals surface area contributed by atoms with Crippen LogP contribution in [0.2, 0.25) is 0 Å². The van der Waals surface area contributed by atoms with Crippen LogP contribution in [0.4, 0.5) is 0 Å². The van der Waals surface area contributed by atoms with Gasteiger partial charge in [-0.05, 0) is 6.42 Å². The first-order chi connectivity index (χ1) is 16.0. The molecule has 0 aliphatic heterocycles. The van der Waals surface area contributed by atoms with E-state index in [0.717, 1.165) is 32.4 Å². The van der Waals surface area contributed by atoms with E-state index < -0.39 is 30.3 Å². The van der Waals surface area contributed by atoms with Crippen LogP contribution in [0.5, 0.6) is 0 Å². The molecule has 0 rings (SSSR count). The fourth-order valence-electron chi connectivity index (χ4n) is 2.67. The Kier molecular flexibility index (Phi) is 29.8. The molecule has 0 saturated carbocycles. The summed E-state index contributed by atoms with van der Waals surface area (Å²) < 4.78 is 0. The van der Waals surface area contributed by atoms with Gasteiger partial charge in [-0.1, -0.05) is 58.3 Å². The number of unbranched alkanes of at least 4 members (excludes halogenated alkanes) is 8. The number of hydrogen-bond acceptors (Lipinski definition) is 7. The molecule has 0 bridgehead atoms. The molecule has 34 heavy (non-hydrogen) atoms. The number of likely N-dealkylation sites (N-methyl/N-ethyl adjacent to an activating group) is 2. The minimum absolute atomic E-state index is 0.201. The smallest absolute Gasteiger partial charge is 0.220 e. The highest BCUT2D eigenvalue weighted by atomic mass is 16.4. The van der Waals surface area contributed by atoms with Crippen molar-refractivity contribution in [2.45, 2.75) is 83.6 Å². The van der Waals surface area contributed by atoms with Gasteiger partial charge < -0.3 is 45.1 Å². The fourth-order valence-corrected chi connectivity index (χ4v) is 2.67. The maximum Gasteiger partial charge on any atom is 0.220 e. The number of amides is 1. The first-order valence-electron chi connectivity index (χ1n) is 12.5. The number of carbonyl (C=O) groups excluding carboxylic acids is 3. The fraction of sp³-hybridized carbons (Fsp3) is 0.875. The number of aliphatic hydroxyl groups excluding tert-OH is 2. The highest BCUT2D eigenvalue weighted by Crippen LogP contribution is 2.10. The van der Waals surface area contributed by atoms with Crippen molar-refractivity contribution in [3.8, 4) is 0 Å². The Labute approximate surface area is 206 Å². The van der Waals surface area contributed by atoms with Crippen LogP contribution in [0, 0.1) is 0 Å². The van der Waals surface area contributed by atoms with Crippen molar-refractivity contribution in [2.75, 3.05) is 54.5 Å². The van der Waals surface area contributed by atoms with Crippen molar-refractivity contribution in [1.29, 1.82) is 0 Å². The molecule has 5 N–H and O–H groups in total. The zero-order valence-electron chi connectivity index (χ0n) is 22.1. The first-order valence-corrected chi connectivity index (χ1v) is 12.5. The number of aliphatic hydroxyl groups is 2. The number of aliphatic carboxylic acids is 2. The first kappa shape index (κ1) is 36.8. The molecule has 0 spiro atoms. The van der Waals surface area contributed by atoms with Crippen molar-refractivity contribution in [3.05, 3.63) is 0 Å². The summed E-state index contributed by atoms with van der Waals surface area (Å²) in [6.07, 6.45) is 9.49. The average molecular weight is 494 g/mol. The molecule has 1 amide bonds. The molecule has 10 heteroatoms. The van der Waals surface area contributed by atoms with Crippen molar-refractivity contribution < 1.29 is 44.6 Å². The van der Waals surface area contributed by atoms with Gasteiger partial charge in [0, 0.05) is 18.8 Å². The van der Waals surface area contributed by atoms with Gasteiger partial charge >= 0.3 is 0 Å². The van der Waals surface area contributed by atoms with Gasteiger partial charge in [-0.25, -0.2) is 0 Å². The SMILES string of the molecule is CCCCCCCCCCCC(=O)NC(CC(=O)[O-])C(=O)[O-].C[NH+](C)CCO.C[NH+](C)CCO. The molecule has 0 saturated heterocycles. The van der Waals surface area contributed by atoms with Gasteiger partial charge in [-0.2, -0.15) is 0 Å². The molecule has 204 valence electrons. The second-order valence-electron chi connectivity index (χ2n) is 8.96. The maximum atomic E-state index is 11.5. The molecule has 1 unspecified atom stereocenters. The van der Waals surface area contributed by atoms with Crippen molar-refractivity contribution in [1.82, 2.24) is 5.32 Å². The summed E-state index contributed by atoms with van der Waals surface area (Å²) in [4.78, 5) is 35.2. The van der Waals surface area contributed by atoms with Gasteiger partial charge in [0.05, 0.1) is 53.4 Å². The summed E-state index contributed by atoms with van der Waals surface area (Å²) in [6.45, 7) is 4.47. The van der Waals surface area contributed by atoms with E-state index >= 15 is 0 Å². The second kappa shape index (κ2) is 27.5. The highest BCUT2D eigenvalue weighted by molar-refractivity contribution is 5.85. The molecule has 0 aromatic heterocycles. The maximum absolute atomic E-state index is 11.5. The largest absolute Gasteiger partial charge is 0.550 e. The van der Waals surface area contributed by atoms with E-state index in [2.05, 4.69) is 12.2 Å². The molecule has 10 nitrogen and oxygen atoms in total. The third-order valence-electron chi connectivity index (χ3n) is 4.72. The summed E-state index contributed by atoms with van der Waals surface area (Å²) in [5, 5.41) is 39.6. The Morgan fingerprint density at radius 2 is 1.18 bits per heavy atom. The Morgan fingerprint density at radius 1 is 0.765 bits per heavy atom. The number of carboxylic acid groups (broad SMARTS) is 2. The van der Waals surface area contributed by atoms with Crippen molar-refractivity contribution in [2.24, 2.45) is 0 Å². The predicted molar refractivity (Wildman–Crippen MR) is 128 cm³/mol. The van der Waals surface area contributed by atoms with Crippen LogP contribution in [0.3, 0.4) is 0 Å². The Bertz CT molecular complexity index is 479. The number of nitrogens with one attached hydrogen (secondary N) is 3. The number of quaternary nitrogens is 2. The molecule has 0 aromatic rings. The lowest BCUT2D eigenvalue weighted by Crippen LogP contribution is -3.06. The van der Waals surface area contributed by atoms with E-state index in [-0.39, 0.29) is 6.42 Å². The lowest BCUT2D eigenvalue weighted by molar-refractivity contribution is -0.858. The lowest BCUT2D eigenvalue weighted by atomic mass is 10.1. The summed E-state index contributed by atoms with van der Waals surface area (Å²) in [7, 11) is 8.04. The van der Waals surface area contributed by atoms with E-state index in [9.17, 15) is 24.6 Å². The summed E-state index contributed by atoms with van der Waals surface area (Å²) in [5.41, 5.74) is 0. The summed E-state index contributed by atoms with van der Waals surface area (Å²) in [6, 6.07) is -1.52. The van der Waals surface area contributed by atoms with Crippen LogP contribution in [0.25, 0.3) is 0 Å². The zero-order chi connectivity index (χ0) is 26.8. The topological polar surface area (TPSA) is 159 Å². The Balaban J connectivity index is -0.000000653. The van der Waals surface area contributed by atoms with Crippen LogP contribution in [-0.2, 0) is 14.4 Å². The van der Waals surface area contributed by atoms with E-state index in [1.807, 2.05) is 28.2 Å². The van der Waals surface area contributed by atoms with Gasteiger partial charge in [0.1, 0.15) is 13.1 Å². The van der Waals surface area contributed by atoms with Crippen LogP contribution in [0.15, 0.2) is 0 Å². The van der Waals surface area contributed by atoms with Crippen LogP contribution in [0.1, 0.15) is 77.6 Å². The second-order valence-corrected chi connectivity index (χ2v) is 8.96. The van der Waals surface area contributed by atoms with Gasteiger partial charge in [0.15, 0.2) is 0 Å². The molecular weight excluding hydrogens is 442 g/mol. The minimum Gasteiger partial charge on any atom is -0.550 e. The highest BCUT2D eigenvalue weighted by Gasteiger charge is 2.13. The van der Waals surface area contributed by atoms with Crippen LogP contribution in [-0.4, -0.2) is 88.6 Å². The van der Waals surface area contributed by atoms with Crippen molar-refractivity contribution in [3.63, 3.8) is 0 Å². The van der Waals surface area contributed by atoms with Crippen molar-refractivity contribution >= 4 is 17.8 Å². The molecule has 0 aliphatic rings.